The van der Waals surface area contributed by atoms with Gasteiger partial charge in [-0.05, 0) is 67.7 Å². The summed E-state index contributed by atoms with van der Waals surface area (Å²) >= 11 is 0. The third-order valence-electron chi connectivity index (χ3n) is 11.8. The molecule has 1 saturated heterocycles. The quantitative estimate of drug-likeness (QED) is 0.583. The fourth-order valence-corrected chi connectivity index (χ4v) is 9.67. The van der Waals surface area contributed by atoms with Gasteiger partial charge < -0.3 is 19.5 Å². The van der Waals surface area contributed by atoms with Crippen LogP contribution in [0.1, 0.15) is 46.5 Å². The van der Waals surface area contributed by atoms with Gasteiger partial charge in [0.15, 0.2) is 17.1 Å². The number of carbonyl (C=O) groups excluding carboxylic acids is 2. The number of piperazine rings is 1. The lowest BCUT2D eigenvalue weighted by atomic mass is 9.46. The van der Waals surface area contributed by atoms with Crippen molar-refractivity contribution in [1.29, 1.82) is 0 Å². The lowest BCUT2D eigenvalue weighted by Crippen LogP contribution is -2.63. The number of aromatic nitrogens is 1. The molecule has 8 atom stereocenters. The Morgan fingerprint density at radius 1 is 1.17 bits per heavy atom. The van der Waals surface area contributed by atoms with Crippen LogP contribution < -0.4 is 4.90 Å². The van der Waals surface area contributed by atoms with Crippen LogP contribution in [-0.4, -0.2) is 76.1 Å². The third kappa shape index (κ3) is 3.86. The largest absolute Gasteiger partial charge is 0.423 e. The number of hydrogen-bond acceptors (Lipinski definition) is 8. The number of nitrogens with zero attached hydrogens (tertiary/aromatic N) is 3. The molecule has 1 aliphatic heterocycles. The Bertz CT molecular complexity index is 1420. The van der Waals surface area contributed by atoms with Crippen LogP contribution in [0.2, 0.25) is 0 Å². The van der Waals surface area contributed by atoms with E-state index in [1.54, 1.807) is 12.2 Å². The molecule has 41 heavy (non-hydrogen) atoms. The molecular formula is C33H41N3O5. The maximum atomic E-state index is 14.1. The normalized spacial score (nSPS) is 40.7. The van der Waals surface area contributed by atoms with Gasteiger partial charge in [0.2, 0.25) is 0 Å². The molecule has 4 fully saturated rings. The number of benzene rings is 1. The van der Waals surface area contributed by atoms with Crippen molar-refractivity contribution in [2.75, 3.05) is 37.6 Å². The summed E-state index contributed by atoms with van der Waals surface area (Å²) < 4.78 is 5.95. The number of rotatable bonds is 4. The molecule has 0 bridgehead atoms. The van der Waals surface area contributed by atoms with Gasteiger partial charge in [-0.15, -0.1) is 0 Å². The van der Waals surface area contributed by atoms with Gasteiger partial charge >= 0.3 is 0 Å². The van der Waals surface area contributed by atoms with Crippen LogP contribution >= 0.6 is 0 Å². The Morgan fingerprint density at radius 3 is 2.68 bits per heavy atom. The molecule has 7 rings (SSSR count). The first-order chi connectivity index (χ1) is 19.5. The SMILES string of the molecule is C[C@@H]1CC2C3CCC4=CC(=O)C=CC4(C)C3C(O)CC2(C)[C@@]1(O)C(=O)CN1CCN(c2nc3ccccc3o2)CC1. The highest BCUT2D eigenvalue weighted by molar-refractivity contribution is 6.01. The number of para-hydroxylation sites is 2. The maximum absolute atomic E-state index is 14.1. The second kappa shape index (κ2) is 9.35. The highest BCUT2D eigenvalue weighted by Gasteiger charge is 2.70. The first kappa shape index (κ1) is 27.0. The number of ketones is 2. The molecular weight excluding hydrogens is 518 g/mol. The molecule has 0 amide bonds. The van der Waals surface area contributed by atoms with Crippen LogP contribution in [0.15, 0.2) is 52.5 Å². The second-order valence-electron chi connectivity index (χ2n) is 13.8. The van der Waals surface area contributed by atoms with Gasteiger partial charge in [-0.1, -0.05) is 44.6 Å². The van der Waals surface area contributed by atoms with Crippen molar-refractivity contribution in [2.45, 2.75) is 58.2 Å². The lowest BCUT2D eigenvalue weighted by molar-refractivity contribution is -0.182. The minimum atomic E-state index is -1.49. The summed E-state index contributed by atoms with van der Waals surface area (Å²) in [7, 11) is 0. The number of fused-ring (bicyclic) bond motifs is 6. The van der Waals surface area contributed by atoms with E-state index in [4.69, 9.17) is 4.42 Å². The summed E-state index contributed by atoms with van der Waals surface area (Å²) in [6.07, 6.45) is 7.61. The van der Waals surface area contributed by atoms with Crippen molar-refractivity contribution >= 4 is 28.7 Å². The average molecular weight is 560 g/mol. The molecule has 1 aromatic heterocycles. The molecule has 5 aliphatic rings. The van der Waals surface area contributed by atoms with E-state index in [1.807, 2.05) is 37.3 Å². The monoisotopic (exact) mass is 559 g/mol. The van der Waals surface area contributed by atoms with Crippen molar-refractivity contribution in [2.24, 2.45) is 34.5 Å². The van der Waals surface area contributed by atoms with Crippen LogP contribution in [-0.2, 0) is 9.59 Å². The van der Waals surface area contributed by atoms with Crippen molar-refractivity contribution in [3.8, 4) is 0 Å². The minimum Gasteiger partial charge on any atom is -0.423 e. The van der Waals surface area contributed by atoms with E-state index < -0.39 is 17.1 Å². The molecule has 0 radical (unpaired) electrons. The van der Waals surface area contributed by atoms with Gasteiger partial charge in [0.1, 0.15) is 11.1 Å². The summed E-state index contributed by atoms with van der Waals surface area (Å²) in [6, 6.07) is 8.34. The van der Waals surface area contributed by atoms with Gasteiger partial charge in [-0.25, -0.2) is 0 Å². The van der Waals surface area contributed by atoms with E-state index in [9.17, 15) is 19.8 Å². The number of aliphatic hydroxyl groups is 2. The fraction of sp³-hybridized carbons (Fsp3) is 0.606. The molecule has 6 unspecified atom stereocenters. The van der Waals surface area contributed by atoms with Gasteiger partial charge in [-0.2, -0.15) is 4.98 Å². The average Bonchev–Trinajstić information content (AvgIpc) is 3.47. The molecule has 2 N–H and O–H groups in total. The number of anilines is 1. The Balaban J connectivity index is 1.07. The van der Waals surface area contributed by atoms with Crippen LogP contribution in [0.25, 0.3) is 11.1 Å². The van der Waals surface area contributed by atoms with E-state index in [0.29, 0.717) is 38.6 Å². The lowest BCUT2D eigenvalue weighted by Gasteiger charge is -2.59. The van der Waals surface area contributed by atoms with Gasteiger partial charge in [0.05, 0.1) is 12.6 Å². The summed E-state index contributed by atoms with van der Waals surface area (Å²) in [6.45, 7) is 9.18. The molecule has 4 aliphatic carbocycles. The van der Waals surface area contributed by atoms with Crippen molar-refractivity contribution in [1.82, 2.24) is 9.88 Å². The van der Waals surface area contributed by atoms with Crippen LogP contribution in [0.4, 0.5) is 6.01 Å². The van der Waals surface area contributed by atoms with Gasteiger partial charge in [-0.3, -0.25) is 14.5 Å². The number of Topliss-reactive ketones (excluding diaryl/α,β-unsaturated/α-hetero) is 1. The first-order valence-electron chi connectivity index (χ1n) is 15.3. The van der Waals surface area contributed by atoms with E-state index in [2.05, 4.69) is 28.6 Å². The molecule has 0 spiro atoms. The Kier molecular flexibility index (Phi) is 6.17. The molecule has 8 heteroatoms. The van der Waals surface area contributed by atoms with E-state index in [1.165, 1.54) is 0 Å². The zero-order valence-corrected chi connectivity index (χ0v) is 24.3. The Labute approximate surface area is 241 Å². The molecule has 218 valence electrons. The highest BCUT2D eigenvalue weighted by atomic mass is 16.4. The first-order valence-corrected chi connectivity index (χ1v) is 15.3. The number of allylic oxidation sites excluding steroid dienone is 4. The summed E-state index contributed by atoms with van der Waals surface area (Å²) in [5.74, 6) is 0.0183. The second-order valence-corrected chi connectivity index (χ2v) is 13.8. The van der Waals surface area contributed by atoms with Crippen LogP contribution in [0.5, 0.6) is 0 Å². The van der Waals surface area contributed by atoms with Crippen molar-refractivity contribution in [3.05, 3.63) is 48.1 Å². The van der Waals surface area contributed by atoms with Crippen LogP contribution in [0, 0.1) is 34.5 Å². The van der Waals surface area contributed by atoms with E-state index in [-0.39, 0.29) is 47.2 Å². The maximum Gasteiger partial charge on any atom is 0.298 e. The zero-order valence-electron chi connectivity index (χ0n) is 24.3. The Hall–Kier alpha value is -2.81. The summed E-state index contributed by atoms with van der Waals surface area (Å²) in [4.78, 5) is 35.1. The number of hydrogen-bond donors (Lipinski definition) is 2. The number of oxazole rings is 1. The topological polar surface area (TPSA) is 107 Å². The van der Waals surface area contributed by atoms with Crippen molar-refractivity contribution in [3.63, 3.8) is 0 Å². The Morgan fingerprint density at radius 2 is 1.93 bits per heavy atom. The van der Waals surface area contributed by atoms with E-state index in [0.717, 1.165) is 35.9 Å². The zero-order chi connectivity index (χ0) is 28.7. The van der Waals surface area contributed by atoms with Gasteiger partial charge in [0, 0.05) is 42.9 Å². The molecule has 8 nitrogen and oxygen atoms in total. The standard InChI is InChI=1S/C33H41N3O5/c1-20-16-24-23-9-8-21-17-22(37)10-11-31(21,2)29(23)26(38)18-32(24,3)33(20,40)28(39)19-35-12-14-36(15-13-35)30-34-25-6-4-5-7-27(25)41-30/h4-7,10-11,17,20,23-24,26,29,38,40H,8-9,12-16,18-19H2,1-3H3/t20-,23?,24?,26?,29?,31?,32?,33+/m1/s1. The predicted octanol–water partition coefficient (Wildman–Crippen LogP) is 3.77. The van der Waals surface area contributed by atoms with Crippen LogP contribution in [0.3, 0.4) is 0 Å². The third-order valence-corrected chi connectivity index (χ3v) is 11.8. The number of aliphatic hydroxyl groups excluding tert-OH is 1. The molecule has 1 aromatic carbocycles. The van der Waals surface area contributed by atoms with Crippen molar-refractivity contribution < 1.29 is 24.2 Å². The summed E-state index contributed by atoms with van der Waals surface area (Å²) in [5, 5.41) is 24.1. The van der Waals surface area contributed by atoms with Gasteiger partial charge in [0.25, 0.3) is 6.01 Å². The fourth-order valence-electron chi connectivity index (χ4n) is 9.67. The minimum absolute atomic E-state index is 0.0190. The highest BCUT2D eigenvalue weighted by Crippen LogP contribution is 2.68. The molecule has 2 heterocycles. The van der Waals surface area contributed by atoms with E-state index >= 15 is 0 Å². The number of carbonyl (C=O) groups is 2. The molecule has 2 aromatic rings. The summed E-state index contributed by atoms with van der Waals surface area (Å²) in [5.41, 5.74) is 0.170. The molecule has 3 saturated carbocycles. The predicted molar refractivity (Wildman–Crippen MR) is 155 cm³/mol. The smallest absolute Gasteiger partial charge is 0.298 e.